The summed E-state index contributed by atoms with van der Waals surface area (Å²) < 4.78 is 8.83. The van der Waals surface area contributed by atoms with Crippen molar-refractivity contribution < 1.29 is 4.74 Å². The summed E-state index contributed by atoms with van der Waals surface area (Å²) in [6, 6.07) is 18.3. The number of hydrogen-bond donors (Lipinski definition) is 0. The molecule has 0 radical (unpaired) electrons. The molecule has 1 aliphatic rings. The Hall–Kier alpha value is -2.15. The third kappa shape index (κ3) is 3.98. The number of nitrogens with zero attached hydrogens (tertiary/aromatic N) is 4. The van der Waals surface area contributed by atoms with Crippen molar-refractivity contribution in [3.05, 3.63) is 59.4 Å². The maximum atomic E-state index is 5.48. The lowest BCUT2D eigenvalue weighted by molar-refractivity contribution is 0.0675. The van der Waals surface area contributed by atoms with E-state index in [0.717, 1.165) is 29.5 Å². The monoisotopic (exact) mass is 388 g/mol. The number of halogens is 1. The standard InChI is InChI=1S/C19H20N4OS.ClH/c1-22-16-9-5-6-10-17(16)25-19(22)21-18(23-11-13-24-14-12-23)20-15-7-3-2-4-8-15;/h2-10H,11-14H2,1H3;1H/b20-18-,21-19+;. The van der Waals surface area contributed by atoms with Crippen LogP contribution in [0.5, 0.6) is 0 Å². The maximum Gasteiger partial charge on any atom is 0.228 e. The summed E-state index contributed by atoms with van der Waals surface area (Å²) in [7, 11) is 2.05. The number of aliphatic imine (C=N–C) groups is 1. The average molecular weight is 389 g/mol. The number of aromatic nitrogens is 1. The molecule has 2 aromatic carbocycles. The molecule has 0 saturated carbocycles. The molecule has 1 aliphatic heterocycles. The van der Waals surface area contributed by atoms with E-state index in [1.807, 2.05) is 30.3 Å². The minimum absolute atomic E-state index is 0. The highest BCUT2D eigenvalue weighted by atomic mass is 35.5. The molecule has 0 aliphatic carbocycles. The number of thiazole rings is 1. The Labute approximate surface area is 162 Å². The minimum atomic E-state index is 0. The summed E-state index contributed by atoms with van der Waals surface area (Å²) in [6.07, 6.45) is 0. The van der Waals surface area contributed by atoms with E-state index in [9.17, 15) is 0 Å². The van der Waals surface area contributed by atoms with E-state index in [1.54, 1.807) is 11.3 Å². The van der Waals surface area contributed by atoms with Crippen LogP contribution >= 0.6 is 23.7 Å². The van der Waals surface area contributed by atoms with Gasteiger partial charge in [-0.25, -0.2) is 4.99 Å². The molecule has 26 heavy (non-hydrogen) atoms. The number of morpholine rings is 1. The van der Waals surface area contributed by atoms with Crippen LogP contribution < -0.4 is 4.80 Å². The van der Waals surface area contributed by atoms with E-state index in [1.165, 1.54) is 10.2 Å². The van der Waals surface area contributed by atoms with Gasteiger partial charge in [-0.05, 0) is 24.3 Å². The molecule has 4 rings (SSSR count). The van der Waals surface area contributed by atoms with E-state index < -0.39 is 0 Å². The molecule has 3 aromatic rings. The molecule has 2 heterocycles. The van der Waals surface area contributed by atoms with Crippen molar-refractivity contribution in [3.8, 4) is 0 Å². The highest BCUT2D eigenvalue weighted by molar-refractivity contribution is 7.16. The van der Waals surface area contributed by atoms with Gasteiger partial charge in [0.2, 0.25) is 5.96 Å². The topological polar surface area (TPSA) is 42.1 Å². The SMILES string of the molecule is Cl.Cn1/c(=N\C(=N\c2ccccc2)N2CCOCC2)sc2ccccc21. The first-order chi connectivity index (χ1) is 12.3. The Morgan fingerprint density at radius 1 is 1.00 bits per heavy atom. The lowest BCUT2D eigenvalue weighted by Crippen LogP contribution is -2.40. The lowest BCUT2D eigenvalue weighted by Gasteiger charge is -2.27. The van der Waals surface area contributed by atoms with Gasteiger partial charge < -0.3 is 14.2 Å². The van der Waals surface area contributed by atoms with Crippen molar-refractivity contribution in [2.24, 2.45) is 17.0 Å². The van der Waals surface area contributed by atoms with Crippen LogP contribution in [-0.4, -0.2) is 41.7 Å². The van der Waals surface area contributed by atoms with Crippen LogP contribution in [0.2, 0.25) is 0 Å². The van der Waals surface area contributed by atoms with Crippen LogP contribution in [0.3, 0.4) is 0 Å². The molecule has 0 unspecified atom stereocenters. The van der Waals surface area contributed by atoms with Gasteiger partial charge in [-0.3, -0.25) is 0 Å². The molecule has 1 aromatic heterocycles. The van der Waals surface area contributed by atoms with Crippen LogP contribution in [0.4, 0.5) is 5.69 Å². The van der Waals surface area contributed by atoms with E-state index in [-0.39, 0.29) is 12.4 Å². The van der Waals surface area contributed by atoms with Gasteiger partial charge in [0.15, 0.2) is 4.80 Å². The second-order valence-electron chi connectivity index (χ2n) is 5.87. The number of rotatable bonds is 1. The van der Waals surface area contributed by atoms with E-state index >= 15 is 0 Å². The molecule has 0 amide bonds. The fraction of sp³-hybridized carbons (Fsp3) is 0.263. The highest BCUT2D eigenvalue weighted by Crippen LogP contribution is 2.16. The predicted molar refractivity (Wildman–Crippen MR) is 110 cm³/mol. The van der Waals surface area contributed by atoms with Crippen molar-refractivity contribution >= 4 is 45.6 Å². The fourth-order valence-electron chi connectivity index (χ4n) is 2.82. The van der Waals surface area contributed by atoms with E-state index in [4.69, 9.17) is 14.7 Å². The van der Waals surface area contributed by atoms with Crippen LogP contribution in [0.1, 0.15) is 0 Å². The first-order valence-electron chi connectivity index (χ1n) is 8.37. The summed E-state index contributed by atoms with van der Waals surface area (Å²) in [4.78, 5) is 12.9. The van der Waals surface area contributed by atoms with Gasteiger partial charge in [0.05, 0.1) is 29.1 Å². The van der Waals surface area contributed by atoms with Gasteiger partial charge in [-0.2, -0.15) is 4.99 Å². The zero-order valence-electron chi connectivity index (χ0n) is 14.5. The normalized spacial score (nSPS) is 16.0. The van der Waals surface area contributed by atoms with Crippen molar-refractivity contribution in [1.82, 2.24) is 9.47 Å². The third-order valence-corrected chi connectivity index (χ3v) is 5.30. The van der Waals surface area contributed by atoms with Gasteiger partial charge in [-0.1, -0.05) is 41.7 Å². The fourth-order valence-corrected chi connectivity index (χ4v) is 3.84. The Kier molecular flexibility index (Phi) is 6.08. The molecule has 136 valence electrons. The Balaban J connectivity index is 0.00000196. The molecule has 0 spiro atoms. The number of ether oxygens (including phenoxy) is 1. The summed E-state index contributed by atoms with van der Waals surface area (Å²) in [5.41, 5.74) is 2.10. The van der Waals surface area contributed by atoms with Gasteiger partial charge in [0.1, 0.15) is 0 Å². The van der Waals surface area contributed by atoms with Crippen molar-refractivity contribution in [2.45, 2.75) is 0 Å². The molecule has 1 fully saturated rings. The molecular weight excluding hydrogens is 368 g/mol. The lowest BCUT2D eigenvalue weighted by atomic mass is 10.3. The summed E-state index contributed by atoms with van der Waals surface area (Å²) in [5, 5.41) is 0. The van der Waals surface area contributed by atoms with Crippen LogP contribution in [0.25, 0.3) is 10.2 Å². The van der Waals surface area contributed by atoms with Crippen molar-refractivity contribution in [2.75, 3.05) is 26.3 Å². The molecule has 1 saturated heterocycles. The summed E-state index contributed by atoms with van der Waals surface area (Å²) >= 11 is 1.68. The van der Waals surface area contributed by atoms with Gasteiger partial charge in [-0.15, -0.1) is 12.4 Å². The maximum absolute atomic E-state index is 5.48. The number of guanidine groups is 1. The summed E-state index contributed by atoms with van der Waals surface area (Å²) in [6.45, 7) is 3.04. The Morgan fingerprint density at radius 2 is 1.69 bits per heavy atom. The van der Waals surface area contributed by atoms with Gasteiger partial charge in [0, 0.05) is 20.1 Å². The predicted octanol–water partition coefficient (Wildman–Crippen LogP) is 3.58. The van der Waals surface area contributed by atoms with Gasteiger partial charge >= 0.3 is 0 Å². The molecule has 5 nitrogen and oxygen atoms in total. The number of para-hydroxylation sites is 2. The smallest absolute Gasteiger partial charge is 0.228 e. The largest absolute Gasteiger partial charge is 0.378 e. The first-order valence-corrected chi connectivity index (χ1v) is 9.19. The quantitative estimate of drug-likeness (QED) is 0.472. The summed E-state index contributed by atoms with van der Waals surface area (Å²) in [5.74, 6) is 0.747. The Bertz CT molecular complexity index is 958. The zero-order valence-corrected chi connectivity index (χ0v) is 16.2. The molecule has 7 heteroatoms. The van der Waals surface area contributed by atoms with Crippen molar-refractivity contribution in [1.29, 1.82) is 0 Å². The Morgan fingerprint density at radius 3 is 2.42 bits per heavy atom. The van der Waals surface area contributed by atoms with Crippen LogP contribution in [0.15, 0.2) is 64.6 Å². The average Bonchev–Trinajstić information content (AvgIpc) is 2.99. The number of aryl methyl sites for hydroxylation is 1. The number of fused-ring (bicyclic) bond motifs is 1. The van der Waals surface area contributed by atoms with E-state index in [2.05, 4.69) is 40.8 Å². The number of hydrogen-bond acceptors (Lipinski definition) is 3. The highest BCUT2D eigenvalue weighted by Gasteiger charge is 2.15. The van der Waals surface area contributed by atoms with Crippen molar-refractivity contribution in [3.63, 3.8) is 0 Å². The van der Waals surface area contributed by atoms with E-state index in [0.29, 0.717) is 13.2 Å². The minimum Gasteiger partial charge on any atom is -0.378 e. The number of benzene rings is 2. The zero-order chi connectivity index (χ0) is 17.1. The van der Waals surface area contributed by atoms with Crippen LogP contribution in [-0.2, 0) is 11.8 Å². The second kappa shape index (κ2) is 8.49. The molecule has 0 N–H and O–H groups in total. The first kappa shape index (κ1) is 18.6. The third-order valence-electron chi connectivity index (χ3n) is 4.19. The molecule has 0 atom stereocenters. The van der Waals surface area contributed by atoms with Crippen LogP contribution in [0, 0.1) is 0 Å². The van der Waals surface area contributed by atoms with Gasteiger partial charge in [0.25, 0.3) is 0 Å². The molecule has 0 bridgehead atoms. The second-order valence-corrected chi connectivity index (χ2v) is 6.88. The molecular formula is C19H21ClN4OS.